The molecule has 0 radical (unpaired) electrons. The molecule has 1 rings (SSSR count). The molecule has 0 atom stereocenters. The first-order chi connectivity index (χ1) is 6.27. The van der Waals surface area contributed by atoms with E-state index in [4.69, 9.17) is 4.84 Å². The summed E-state index contributed by atoms with van der Waals surface area (Å²) in [5.74, 6) is 0. The fraction of sp³-hybridized carbons (Fsp3) is 0.364. The van der Waals surface area contributed by atoms with E-state index in [2.05, 4.69) is 24.2 Å². The van der Waals surface area contributed by atoms with Gasteiger partial charge in [0.25, 0.3) is 0 Å². The van der Waals surface area contributed by atoms with E-state index in [-0.39, 0.29) is 0 Å². The minimum Gasteiger partial charge on any atom is -0.399 e. The molecule has 0 aromatic heterocycles. The van der Waals surface area contributed by atoms with Gasteiger partial charge in [-0.1, -0.05) is 30.3 Å². The van der Waals surface area contributed by atoms with Gasteiger partial charge in [0.1, 0.15) is 7.11 Å². The second-order valence-electron chi connectivity index (χ2n) is 2.91. The lowest BCUT2D eigenvalue weighted by molar-refractivity contribution is 0.213. The summed E-state index contributed by atoms with van der Waals surface area (Å²) in [6.07, 6.45) is 1.05. The standard InChI is InChI=1S/C11H15NO/c1-4-10-6-5-7-11(8-10)9(2)12-13-3/h5-8H,4H2,1-3H3/b12-9+. The fourth-order valence-electron chi connectivity index (χ4n) is 1.21. The lowest BCUT2D eigenvalue weighted by Gasteiger charge is -2.01. The second-order valence-corrected chi connectivity index (χ2v) is 2.91. The maximum Gasteiger partial charge on any atom is 0.106 e. The van der Waals surface area contributed by atoms with Crippen molar-refractivity contribution in [3.8, 4) is 0 Å². The highest BCUT2D eigenvalue weighted by Crippen LogP contribution is 2.07. The summed E-state index contributed by atoms with van der Waals surface area (Å²) in [5, 5.41) is 3.89. The Labute approximate surface area is 79.2 Å². The SMILES string of the molecule is CCc1cccc(/C(C)=N/OC)c1. The Kier molecular flexibility index (Phi) is 3.50. The van der Waals surface area contributed by atoms with Crippen molar-refractivity contribution in [3.63, 3.8) is 0 Å². The van der Waals surface area contributed by atoms with Crippen LogP contribution in [0.4, 0.5) is 0 Å². The van der Waals surface area contributed by atoms with Gasteiger partial charge in [-0.3, -0.25) is 0 Å². The topological polar surface area (TPSA) is 21.6 Å². The molecular weight excluding hydrogens is 162 g/mol. The first-order valence-electron chi connectivity index (χ1n) is 4.45. The largest absolute Gasteiger partial charge is 0.399 e. The van der Waals surface area contributed by atoms with E-state index in [0.29, 0.717) is 0 Å². The second kappa shape index (κ2) is 4.65. The highest BCUT2D eigenvalue weighted by molar-refractivity contribution is 5.98. The average molecular weight is 177 g/mol. The van der Waals surface area contributed by atoms with Crippen LogP contribution >= 0.6 is 0 Å². The van der Waals surface area contributed by atoms with E-state index in [1.165, 1.54) is 5.56 Å². The fourth-order valence-corrected chi connectivity index (χ4v) is 1.21. The number of hydrogen-bond donors (Lipinski definition) is 0. The van der Waals surface area contributed by atoms with Crippen LogP contribution in [0.25, 0.3) is 0 Å². The average Bonchev–Trinajstić information content (AvgIpc) is 2.18. The molecule has 0 aliphatic heterocycles. The van der Waals surface area contributed by atoms with Gasteiger partial charge in [0.05, 0.1) is 5.71 Å². The summed E-state index contributed by atoms with van der Waals surface area (Å²) in [5.41, 5.74) is 3.36. The van der Waals surface area contributed by atoms with E-state index < -0.39 is 0 Å². The van der Waals surface area contributed by atoms with Gasteiger partial charge in [0.15, 0.2) is 0 Å². The molecule has 0 aliphatic carbocycles. The monoisotopic (exact) mass is 177 g/mol. The maximum atomic E-state index is 4.72. The van der Waals surface area contributed by atoms with E-state index in [1.807, 2.05) is 19.1 Å². The molecule has 0 amide bonds. The molecule has 0 heterocycles. The van der Waals surface area contributed by atoms with Gasteiger partial charge < -0.3 is 4.84 Å². The van der Waals surface area contributed by atoms with Crippen LogP contribution in [-0.2, 0) is 11.3 Å². The summed E-state index contributed by atoms with van der Waals surface area (Å²) in [7, 11) is 1.56. The van der Waals surface area contributed by atoms with Gasteiger partial charge in [-0.2, -0.15) is 0 Å². The summed E-state index contributed by atoms with van der Waals surface area (Å²) >= 11 is 0. The van der Waals surface area contributed by atoms with Crippen LogP contribution in [-0.4, -0.2) is 12.8 Å². The van der Waals surface area contributed by atoms with Gasteiger partial charge in [0, 0.05) is 0 Å². The van der Waals surface area contributed by atoms with Gasteiger partial charge in [0.2, 0.25) is 0 Å². The Bertz CT molecular complexity index is 305. The summed E-state index contributed by atoms with van der Waals surface area (Å²) < 4.78 is 0. The molecule has 0 bridgehead atoms. The molecule has 0 N–H and O–H groups in total. The molecule has 0 unspecified atom stereocenters. The Morgan fingerprint density at radius 1 is 1.46 bits per heavy atom. The van der Waals surface area contributed by atoms with Crippen molar-refractivity contribution in [2.45, 2.75) is 20.3 Å². The molecule has 0 aliphatic rings. The first-order valence-corrected chi connectivity index (χ1v) is 4.45. The molecule has 2 heteroatoms. The van der Waals surface area contributed by atoms with Gasteiger partial charge in [-0.05, 0) is 30.5 Å². The molecular formula is C11H15NO. The smallest absolute Gasteiger partial charge is 0.106 e. The third-order valence-electron chi connectivity index (χ3n) is 1.98. The lowest BCUT2D eigenvalue weighted by atomic mass is 10.1. The zero-order valence-electron chi connectivity index (χ0n) is 8.37. The van der Waals surface area contributed by atoms with Crippen LogP contribution in [0.15, 0.2) is 29.4 Å². The molecule has 1 aromatic rings. The molecule has 1 aromatic carbocycles. The maximum absolute atomic E-state index is 4.72. The van der Waals surface area contributed by atoms with E-state index in [1.54, 1.807) is 7.11 Å². The van der Waals surface area contributed by atoms with Crippen LogP contribution in [0, 0.1) is 0 Å². The van der Waals surface area contributed by atoms with Crippen LogP contribution < -0.4 is 0 Å². The van der Waals surface area contributed by atoms with Crippen molar-refractivity contribution in [1.82, 2.24) is 0 Å². The first kappa shape index (κ1) is 9.78. The number of hydrogen-bond acceptors (Lipinski definition) is 2. The Morgan fingerprint density at radius 3 is 2.85 bits per heavy atom. The Hall–Kier alpha value is -1.31. The lowest BCUT2D eigenvalue weighted by Crippen LogP contribution is -1.96. The number of benzene rings is 1. The molecule has 0 saturated heterocycles. The highest BCUT2D eigenvalue weighted by atomic mass is 16.6. The van der Waals surface area contributed by atoms with Crippen molar-refractivity contribution in [2.24, 2.45) is 5.16 Å². The summed E-state index contributed by atoms with van der Waals surface area (Å²) in [6.45, 7) is 4.08. The molecule has 13 heavy (non-hydrogen) atoms. The number of oxime groups is 1. The quantitative estimate of drug-likeness (QED) is 0.513. The van der Waals surface area contributed by atoms with Crippen molar-refractivity contribution >= 4 is 5.71 Å². The van der Waals surface area contributed by atoms with Crippen LogP contribution in [0.1, 0.15) is 25.0 Å². The number of nitrogens with zero attached hydrogens (tertiary/aromatic N) is 1. The van der Waals surface area contributed by atoms with Crippen LogP contribution in [0.3, 0.4) is 0 Å². The molecule has 70 valence electrons. The van der Waals surface area contributed by atoms with Crippen molar-refractivity contribution < 1.29 is 4.84 Å². The van der Waals surface area contributed by atoms with Gasteiger partial charge in [-0.25, -0.2) is 0 Å². The minimum atomic E-state index is 0.915. The number of rotatable bonds is 3. The third-order valence-corrected chi connectivity index (χ3v) is 1.98. The predicted molar refractivity (Wildman–Crippen MR) is 55.0 cm³/mol. The molecule has 0 spiro atoms. The molecule has 0 saturated carbocycles. The van der Waals surface area contributed by atoms with Crippen molar-refractivity contribution in [2.75, 3.05) is 7.11 Å². The Morgan fingerprint density at radius 2 is 2.23 bits per heavy atom. The molecule has 0 fully saturated rings. The highest BCUT2D eigenvalue weighted by Gasteiger charge is 1.97. The zero-order valence-corrected chi connectivity index (χ0v) is 8.37. The van der Waals surface area contributed by atoms with Crippen molar-refractivity contribution in [1.29, 1.82) is 0 Å². The Balaban J connectivity index is 2.94. The number of aryl methyl sites for hydroxylation is 1. The molecule has 2 nitrogen and oxygen atoms in total. The van der Waals surface area contributed by atoms with Crippen molar-refractivity contribution in [3.05, 3.63) is 35.4 Å². The van der Waals surface area contributed by atoms with Gasteiger partial charge in [-0.15, -0.1) is 0 Å². The normalized spacial score (nSPS) is 11.5. The van der Waals surface area contributed by atoms with Crippen LogP contribution in [0.2, 0.25) is 0 Å². The van der Waals surface area contributed by atoms with E-state index in [9.17, 15) is 0 Å². The summed E-state index contributed by atoms with van der Waals surface area (Å²) in [4.78, 5) is 4.72. The predicted octanol–water partition coefficient (Wildman–Crippen LogP) is 2.62. The summed E-state index contributed by atoms with van der Waals surface area (Å²) in [6, 6.07) is 8.33. The third kappa shape index (κ3) is 2.58. The van der Waals surface area contributed by atoms with Crippen LogP contribution in [0.5, 0.6) is 0 Å². The minimum absolute atomic E-state index is 0.915. The van der Waals surface area contributed by atoms with E-state index >= 15 is 0 Å². The van der Waals surface area contributed by atoms with Gasteiger partial charge >= 0.3 is 0 Å². The zero-order chi connectivity index (χ0) is 9.68. The van der Waals surface area contributed by atoms with E-state index in [0.717, 1.165) is 17.7 Å².